The van der Waals surface area contributed by atoms with E-state index in [2.05, 4.69) is 20.9 Å². The molecule has 0 saturated carbocycles. The molecule has 0 aliphatic heterocycles. The number of nitrogens with zero attached hydrogens (tertiary/aromatic N) is 1. The van der Waals surface area contributed by atoms with Crippen LogP contribution in [0.25, 0.3) is 0 Å². The molecule has 0 bridgehead atoms. The van der Waals surface area contributed by atoms with Crippen LogP contribution in [0.3, 0.4) is 0 Å². The Bertz CT molecular complexity index is 702. The van der Waals surface area contributed by atoms with E-state index >= 15 is 0 Å². The third kappa shape index (κ3) is 5.89. The number of carbonyl (C=O) groups is 2. The Kier molecular flexibility index (Phi) is 6.91. The van der Waals surface area contributed by atoms with Gasteiger partial charge in [0, 0.05) is 37.4 Å². The van der Waals surface area contributed by atoms with E-state index in [9.17, 15) is 9.59 Å². The number of carbonyl (C=O) groups excluding carboxylic acids is 2. The van der Waals surface area contributed by atoms with Crippen molar-refractivity contribution < 1.29 is 14.3 Å². The highest BCUT2D eigenvalue weighted by atomic mass is 16.5. The van der Waals surface area contributed by atoms with Crippen LogP contribution in [0.1, 0.15) is 18.9 Å². The van der Waals surface area contributed by atoms with Crippen LogP contribution in [0.15, 0.2) is 48.8 Å². The predicted octanol–water partition coefficient (Wildman–Crippen LogP) is 2.77. The minimum atomic E-state index is -0.500. The summed E-state index contributed by atoms with van der Waals surface area (Å²) < 4.78 is 5.11. The van der Waals surface area contributed by atoms with Crippen molar-refractivity contribution in [3.05, 3.63) is 54.4 Å². The number of amides is 3. The number of ether oxygens (including phenoxy) is 1. The van der Waals surface area contributed by atoms with Gasteiger partial charge in [-0.2, -0.15) is 0 Å². The maximum absolute atomic E-state index is 12.0. The number of benzene rings is 1. The molecule has 2 aromatic rings. The Labute approximate surface area is 146 Å². The van der Waals surface area contributed by atoms with Crippen molar-refractivity contribution in [2.75, 3.05) is 17.7 Å². The number of urea groups is 1. The van der Waals surface area contributed by atoms with Crippen LogP contribution in [-0.2, 0) is 16.1 Å². The number of pyridine rings is 1. The fraction of sp³-hybridized carbons (Fsp3) is 0.278. The molecule has 1 aromatic carbocycles. The van der Waals surface area contributed by atoms with Gasteiger partial charge in [0.1, 0.15) is 6.10 Å². The molecular weight excluding hydrogens is 320 g/mol. The molecule has 3 amide bonds. The summed E-state index contributed by atoms with van der Waals surface area (Å²) in [5.74, 6) is -0.218. The molecule has 25 heavy (non-hydrogen) atoms. The minimum Gasteiger partial charge on any atom is -0.372 e. The quantitative estimate of drug-likeness (QED) is 0.721. The first-order chi connectivity index (χ1) is 12.1. The number of hydrogen-bond acceptors (Lipinski definition) is 4. The lowest BCUT2D eigenvalue weighted by Crippen LogP contribution is -2.29. The highest BCUT2D eigenvalue weighted by Crippen LogP contribution is 2.16. The largest absolute Gasteiger partial charge is 0.372 e. The van der Waals surface area contributed by atoms with Crippen molar-refractivity contribution in [1.82, 2.24) is 10.3 Å². The number of nitrogens with one attached hydrogen (secondary N) is 3. The smallest absolute Gasteiger partial charge is 0.319 e. The fourth-order valence-corrected chi connectivity index (χ4v) is 2.21. The van der Waals surface area contributed by atoms with Crippen molar-refractivity contribution in [3.8, 4) is 0 Å². The molecule has 0 aliphatic rings. The second kappa shape index (κ2) is 9.39. The molecule has 1 heterocycles. The Morgan fingerprint density at radius 3 is 2.44 bits per heavy atom. The number of methoxy groups -OCH3 is 1. The van der Waals surface area contributed by atoms with E-state index in [1.54, 1.807) is 36.7 Å². The highest BCUT2D eigenvalue weighted by molar-refractivity contribution is 5.95. The van der Waals surface area contributed by atoms with E-state index in [1.165, 1.54) is 7.11 Å². The lowest BCUT2D eigenvalue weighted by Gasteiger charge is -2.14. The molecule has 2 rings (SSSR count). The molecule has 0 radical (unpaired) electrons. The van der Waals surface area contributed by atoms with E-state index in [-0.39, 0.29) is 11.9 Å². The third-order valence-electron chi connectivity index (χ3n) is 3.54. The summed E-state index contributed by atoms with van der Waals surface area (Å²) in [6, 6.07) is 10.3. The molecule has 0 aliphatic carbocycles. The molecule has 1 aromatic heterocycles. The SMILES string of the molecule is CC[C@H](OC)C(=O)Nc1cccc(NC(=O)NCc2ccncc2)c1. The lowest BCUT2D eigenvalue weighted by molar-refractivity contribution is -0.125. The van der Waals surface area contributed by atoms with Crippen molar-refractivity contribution in [3.63, 3.8) is 0 Å². The summed E-state index contributed by atoms with van der Waals surface area (Å²) in [5.41, 5.74) is 2.12. The number of anilines is 2. The topological polar surface area (TPSA) is 92.4 Å². The summed E-state index contributed by atoms with van der Waals surface area (Å²) in [5, 5.41) is 8.27. The number of hydrogen-bond donors (Lipinski definition) is 3. The average molecular weight is 342 g/mol. The molecule has 0 spiro atoms. The van der Waals surface area contributed by atoms with Crippen LogP contribution in [0.4, 0.5) is 16.2 Å². The van der Waals surface area contributed by atoms with Gasteiger partial charge in [-0.15, -0.1) is 0 Å². The Balaban J connectivity index is 1.90. The first-order valence-corrected chi connectivity index (χ1v) is 8.00. The van der Waals surface area contributed by atoms with Gasteiger partial charge in [0.15, 0.2) is 0 Å². The number of aromatic nitrogens is 1. The van der Waals surface area contributed by atoms with Gasteiger partial charge in [-0.1, -0.05) is 13.0 Å². The Morgan fingerprint density at radius 1 is 1.12 bits per heavy atom. The van der Waals surface area contributed by atoms with E-state index in [0.29, 0.717) is 24.3 Å². The van der Waals surface area contributed by atoms with Crippen molar-refractivity contribution in [1.29, 1.82) is 0 Å². The van der Waals surface area contributed by atoms with Crippen molar-refractivity contribution in [2.45, 2.75) is 26.0 Å². The lowest BCUT2D eigenvalue weighted by atomic mass is 10.2. The summed E-state index contributed by atoms with van der Waals surface area (Å²) >= 11 is 0. The van der Waals surface area contributed by atoms with Crippen LogP contribution in [0.5, 0.6) is 0 Å². The van der Waals surface area contributed by atoms with Crippen molar-refractivity contribution >= 4 is 23.3 Å². The molecule has 7 nitrogen and oxygen atoms in total. The zero-order chi connectivity index (χ0) is 18.1. The molecule has 0 unspecified atom stereocenters. The maximum atomic E-state index is 12.0. The second-order valence-corrected chi connectivity index (χ2v) is 5.37. The van der Waals surface area contributed by atoms with Gasteiger partial charge in [-0.3, -0.25) is 9.78 Å². The zero-order valence-corrected chi connectivity index (χ0v) is 14.3. The van der Waals surface area contributed by atoms with Gasteiger partial charge in [-0.25, -0.2) is 4.79 Å². The summed E-state index contributed by atoms with van der Waals surface area (Å²) in [6.45, 7) is 2.27. The van der Waals surface area contributed by atoms with Crippen LogP contribution in [-0.4, -0.2) is 30.1 Å². The van der Waals surface area contributed by atoms with Crippen molar-refractivity contribution in [2.24, 2.45) is 0 Å². The van der Waals surface area contributed by atoms with Gasteiger partial charge >= 0.3 is 6.03 Å². The first-order valence-electron chi connectivity index (χ1n) is 8.00. The van der Waals surface area contributed by atoms with Gasteiger partial charge in [0.05, 0.1) is 0 Å². The van der Waals surface area contributed by atoms with E-state index in [1.807, 2.05) is 19.1 Å². The van der Waals surface area contributed by atoms with E-state index < -0.39 is 6.10 Å². The van der Waals surface area contributed by atoms with E-state index in [4.69, 9.17) is 4.74 Å². The standard InChI is InChI=1S/C18H22N4O3/c1-3-16(25-2)17(23)21-14-5-4-6-15(11-14)22-18(24)20-12-13-7-9-19-10-8-13/h4-11,16H,3,12H2,1-2H3,(H,21,23)(H2,20,22,24)/t16-/m0/s1. The van der Waals surface area contributed by atoms with Gasteiger partial charge in [0.2, 0.25) is 0 Å². The summed E-state index contributed by atoms with van der Waals surface area (Å²) in [7, 11) is 1.50. The number of rotatable bonds is 7. The molecule has 7 heteroatoms. The normalized spacial score (nSPS) is 11.4. The van der Waals surface area contributed by atoms with Crippen LogP contribution < -0.4 is 16.0 Å². The second-order valence-electron chi connectivity index (χ2n) is 5.37. The fourth-order valence-electron chi connectivity index (χ4n) is 2.21. The van der Waals surface area contributed by atoms with Crippen LogP contribution in [0.2, 0.25) is 0 Å². The molecule has 132 valence electrons. The molecule has 0 fully saturated rings. The Morgan fingerprint density at radius 2 is 1.80 bits per heavy atom. The van der Waals surface area contributed by atoms with Crippen LogP contribution in [0, 0.1) is 0 Å². The predicted molar refractivity (Wildman–Crippen MR) is 96.3 cm³/mol. The maximum Gasteiger partial charge on any atom is 0.319 e. The molecular formula is C18H22N4O3. The van der Waals surface area contributed by atoms with Crippen LogP contribution >= 0.6 is 0 Å². The van der Waals surface area contributed by atoms with Gasteiger partial charge < -0.3 is 20.7 Å². The average Bonchev–Trinajstić information content (AvgIpc) is 2.62. The highest BCUT2D eigenvalue weighted by Gasteiger charge is 2.15. The van der Waals surface area contributed by atoms with Gasteiger partial charge in [-0.05, 0) is 42.3 Å². The zero-order valence-electron chi connectivity index (χ0n) is 14.3. The summed E-state index contributed by atoms with van der Waals surface area (Å²) in [4.78, 5) is 27.9. The molecule has 1 atom stereocenters. The molecule has 3 N–H and O–H groups in total. The molecule has 0 saturated heterocycles. The summed E-state index contributed by atoms with van der Waals surface area (Å²) in [6.07, 6.45) is 3.42. The minimum absolute atomic E-state index is 0.218. The first kappa shape index (κ1) is 18.4. The van der Waals surface area contributed by atoms with Gasteiger partial charge in [0.25, 0.3) is 5.91 Å². The van der Waals surface area contributed by atoms with E-state index in [0.717, 1.165) is 5.56 Å². The third-order valence-corrected chi connectivity index (χ3v) is 3.54. The monoisotopic (exact) mass is 342 g/mol. The Hall–Kier alpha value is -2.93.